The minimum absolute atomic E-state index is 0.190. The number of ether oxygens (including phenoxy) is 1. The highest BCUT2D eigenvalue weighted by molar-refractivity contribution is 5.86. The number of benzene rings is 1. The number of halogens is 3. The quantitative estimate of drug-likeness (QED) is 0.938. The normalized spacial score (nSPS) is 11.2. The van der Waals surface area contributed by atoms with E-state index < -0.39 is 18.1 Å². The van der Waals surface area contributed by atoms with Gasteiger partial charge in [-0.15, -0.1) is 13.2 Å². The van der Waals surface area contributed by atoms with Crippen LogP contribution in [-0.4, -0.2) is 22.4 Å². The van der Waals surface area contributed by atoms with E-state index in [0.29, 0.717) is 5.56 Å². The Morgan fingerprint density at radius 2 is 1.85 bits per heavy atom. The molecule has 0 radical (unpaired) electrons. The third kappa shape index (κ3) is 3.47. The van der Waals surface area contributed by atoms with Gasteiger partial charge in [0.2, 0.25) is 0 Å². The molecule has 1 N–H and O–H groups in total. The smallest absolute Gasteiger partial charge is 0.477 e. The van der Waals surface area contributed by atoms with E-state index in [2.05, 4.69) is 9.72 Å². The highest BCUT2D eigenvalue weighted by Gasteiger charge is 2.31. The average Bonchev–Trinajstić information content (AvgIpc) is 2.37. The summed E-state index contributed by atoms with van der Waals surface area (Å²) >= 11 is 0. The molecule has 1 heterocycles. The predicted octanol–water partition coefficient (Wildman–Crippen LogP) is 3.35. The largest absolute Gasteiger partial charge is 0.573 e. The number of alkyl halides is 3. The van der Waals surface area contributed by atoms with Crippen molar-refractivity contribution < 1.29 is 27.8 Å². The molecule has 4 nitrogen and oxygen atoms in total. The number of aromatic nitrogens is 1. The fourth-order valence-corrected chi connectivity index (χ4v) is 1.57. The zero-order chi connectivity index (χ0) is 14.8. The second-order valence-electron chi connectivity index (χ2n) is 3.79. The average molecular weight is 283 g/mol. The zero-order valence-electron chi connectivity index (χ0n) is 9.89. The fourth-order valence-electron chi connectivity index (χ4n) is 1.57. The molecule has 104 valence electrons. The molecule has 0 aliphatic rings. The number of carbonyl (C=O) groups is 1. The van der Waals surface area contributed by atoms with Crippen molar-refractivity contribution in [3.63, 3.8) is 0 Å². The van der Waals surface area contributed by atoms with Gasteiger partial charge in [-0.3, -0.25) is 0 Å². The van der Waals surface area contributed by atoms with Gasteiger partial charge in [0.25, 0.3) is 0 Å². The summed E-state index contributed by atoms with van der Waals surface area (Å²) in [5.74, 6) is -1.60. The molecule has 0 unspecified atom stereocenters. The summed E-state index contributed by atoms with van der Waals surface area (Å²) in [5, 5.41) is 8.83. The summed E-state index contributed by atoms with van der Waals surface area (Å²) in [5.41, 5.74) is 0.386. The molecule has 0 spiro atoms. The fraction of sp³-hybridized carbons (Fsp3) is 0.0769. The van der Waals surface area contributed by atoms with E-state index in [-0.39, 0.29) is 11.4 Å². The third-order valence-electron chi connectivity index (χ3n) is 2.33. The second-order valence-corrected chi connectivity index (χ2v) is 3.79. The van der Waals surface area contributed by atoms with Crippen molar-refractivity contribution in [2.45, 2.75) is 6.36 Å². The molecular formula is C13H8F3NO3. The molecular weight excluding hydrogens is 275 g/mol. The molecule has 0 bridgehead atoms. The molecule has 1 aromatic carbocycles. The lowest BCUT2D eigenvalue weighted by Gasteiger charge is -2.10. The Balaban J connectivity index is 2.36. The predicted molar refractivity (Wildman–Crippen MR) is 63.3 cm³/mol. The summed E-state index contributed by atoms with van der Waals surface area (Å²) in [6, 6.07) is 9.42. The van der Waals surface area contributed by atoms with Crippen LogP contribution < -0.4 is 4.74 Å². The van der Waals surface area contributed by atoms with Crippen LogP contribution in [0.3, 0.4) is 0 Å². The number of carboxylic acids is 1. The topological polar surface area (TPSA) is 59.4 Å². The first-order valence-corrected chi connectivity index (χ1v) is 5.42. The molecule has 0 fully saturated rings. The lowest BCUT2D eigenvalue weighted by atomic mass is 10.1. The lowest BCUT2D eigenvalue weighted by Crippen LogP contribution is -2.17. The Morgan fingerprint density at radius 1 is 1.15 bits per heavy atom. The molecule has 0 amide bonds. The molecule has 7 heteroatoms. The van der Waals surface area contributed by atoms with Gasteiger partial charge in [-0.05, 0) is 24.3 Å². The number of carboxylic acid groups (broad SMARTS) is 1. The number of pyridine rings is 1. The van der Waals surface area contributed by atoms with Crippen LogP contribution in [-0.2, 0) is 0 Å². The lowest BCUT2D eigenvalue weighted by molar-refractivity contribution is -0.274. The molecule has 0 aliphatic heterocycles. The summed E-state index contributed by atoms with van der Waals surface area (Å²) in [4.78, 5) is 14.6. The molecule has 0 saturated heterocycles. The number of rotatable bonds is 3. The van der Waals surface area contributed by atoms with Gasteiger partial charge in [0.1, 0.15) is 11.4 Å². The van der Waals surface area contributed by atoms with E-state index in [4.69, 9.17) is 5.11 Å². The number of hydrogen-bond donors (Lipinski definition) is 1. The maximum Gasteiger partial charge on any atom is 0.573 e. The van der Waals surface area contributed by atoms with E-state index in [1.165, 1.54) is 30.3 Å². The van der Waals surface area contributed by atoms with Gasteiger partial charge in [0.05, 0.1) is 5.69 Å². The standard InChI is InChI=1S/C13H8F3NO3/c14-13(15,16)20-9-4-1-3-8(7-9)10-5-2-6-11(17-10)12(18)19/h1-7H,(H,18,19). The monoisotopic (exact) mass is 283 g/mol. The van der Waals surface area contributed by atoms with Crippen molar-refractivity contribution in [2.75, 3.05) is 0 Å². The van der Waals surface area contributed by atoms with Crippen molar-refractivity contribution >= 4 is 5.97 Å². The van der Waals surface area contributed by atoms with Crippen LogP contribution in [0.5, 0.6) is 5.75 Å². The first-order chi connectivity index (χ1) is 9.35. The molecule has 20 heavy (non-hydrogen) atoms. The first kappa shape index (κ1) is 13.9. The van der Waals surface area contributed by atoms with Gasteiger partial charge < -0.3 is 9.84 Å². The molecule has 0 atom stereocenters. The van der Waals surface area contributed by atoms with Crippen molar-refractivity contribution in [1.82, 2.24) is 4.98 Å². The molecule has 0 aliphatic carbocycles. The first-order valence-electron chi connectivity index (χ1n) is 5.42. The number of aromatic carboxylic acids is 1. The molecule has 2 aromatic rings. The molecule has 1 aromatic heterocycles. The maximum absolute atomic E-state index is 12.1. The Hall–Kier alpha value is -2.57. The molecule has 2 rings (SSSR count). The van der Waals surface area contributed by atoms with E-state index in [1.54, 1.807) is 0 Å². The minimum Gasteiger partial charge on any atom is -0.477 e. The van der Waals surface area contributed by atoms with Crippen molar-refractivity contribution in [3.05, 3.63) is 48.2 Å². The summed E-state index contributed by atoms with van der Waals surface area (Å²) in [6.07, 6.45) is -4.78. The van der Waals surface area contributed by atoms with Crippen molar-refractivity contribution in [3.8, 4) is 17.0 Å². The van der Waals surface area contributed by atoms with Crippen LogP contribution >= 0.6 is 0 Å². The van der Waals surface area contributed by atoms with Crippen molar-refractivity contribution in [1.29, 1.82) is 0 Å². The highest BCUT2D eigenvalue weighted by Crippen LogP contribution is 2.27. The third-order valence-corrected chi connectivity index (χ3v) is 2.33. The minimum atomic E-state index is -4.78. The van der Waals surface area contributed by atoms with E-state index in [9.17, 15) is 18.0 Å². The van der Waals surface area contributed by atoms with Gasteiger partial charge in [-0.25, -0.2) is 9.78 Å². The van der Waals surface area contributed by atoms with E-state index >= 15 is 0 Å². The van der Waals surface area contributed by atoms with Gasteiger partial charge in [-0.1, -0.05) is 18.2 Å². The highest BCUT2D eigenvalue weighted by atomic mass is 19.4. The summed E-state index contributed by atoms with van der Waals surface area (Å²) in [7, 11) is 0. The Bertz CT molecular complexity index is 641. The van der Waals surface area contributed by atoms with Crippen LogP contribution in [0.25, 0.3) is 11.3 Å². The van der Waals surface area contributed by atoms with Gasteiger partial charge in [0, 0.05) is 5.56 Å². The number of nitrogens with zero attached hydrogens (tertiary/aromatic N) is 1. The van der Waals surface area contributed by atoms with Crippen LogP contribution in [0.15, 0.2) is 42.5 Å². The van der Waals surface area contributed by atoms with Crippen LogP contribution in [0.2, 0.25) is 0 Å². The number of hydrogen-bond acceptors (Lipinski definition) is 3. The van der Waals surface area contributed by atoms with Gasteiger partial charge in [-0.2, -0.15) is 0 Å². The van der Waals surface area contributed by atoms with Crippen LogP contribution in [0, 0.1) is 0 Å². The van der Waals surface area contributed by atoms with Crippen LogP contribution in [0.4, 0.5) is 13.2 Å². The Kier molecular flexibility index (Phi) is 3.60. The van der Waals surface area contributed by atoms with Gasteiger partial charge in [0.15, 0.2) is 0 Å². The maximum atomic E-state index is 12.1. The van der Waals surface area contributed by atoms with E-state index in [1.807, 2.05) is 0 Å². The second kappa shape index (κ2) is 5.20. The summed E-state index contributed by atoms with van der Waals surface area (Å²) < 4.78 is 40.2. The molecule has 0 saturated carbocycles. The van der Waals surface area contributed by atoms with Gasteiger partial charge >= 0.3 is 12.3 Å². The Morgan fingerprint density at radius 3 is 2.50 bits per heavy atom. The van der Waals surface area contributed by atoms with Crippen molar-refractivity contribution in [2.24, 2.45) is 0 Å². The van der Waals surface area contributed by atoms with Crippen LogP contribution in [0.1, 0.15) is 10.5 Å². The Labute approximate surface area is 111 Å². The SMILES string of the molecule is O=C(O)c1cccc(-c2cccc(OC(F)(F)F)c2)n1. The summed E-state index contributed by atoms with van der Waals surface area (Å²) in [6.45, 7) is 0. The zero-order valence-corrected chi connectivity index (χ0v) is 9.89. The van der Waals surface area contributed by atoms with E-state index in [0.717, 1.165) is 12.1 Å².